The maximum absolute atomic E-state index is 10.7. The molecule has 64 valence electrons. The lowest BCUT2D eigenvalue weighted by atomic mass is 10.2. The summed E-state index contributed by atoms with van der Waals surface area (Å²) in [5.74, 6) is -0.833. The minimum Gasteiger partial charge on any atom is -0.466 e. The molecule has 6 heteroatoms. The molecule has 0 spiro atoms. The summed E-state index contributed by atoms with van der Waals surface area (Å²) in [6.45, 7) is 1.20. The zero-order valence-corrected chi connectivity index (χ0v) is 6.25. The molecule has 11 heavy (non-hydrogen) atoms. The molecule has 0 aromatic heterocycles. The van der Waals surface area contributed by atoms with Gasteiger partial charge in [-0.05, 0) is 6.92 Å². The van der Waals surface area contributed by atoms with E-state index in [1.165, 1.54) is 6.92 Å². The minimum absolute atomic E-state index is 0.833. The van der Waals surface area contributed by atoms with Gasteiger partial charge in [-0.25, -0.2) is 9.59 Å². The van der Waals surface area contributed by atoms with Gasteiger partial charge in [0.2, 0.25) is 0 Å². The second-order valence-electron chi connectivity index (χ2n) is 2.12. The molecule has 0 heterocycles. The first-order valence-electron chi connectivity index (χ1n) is 2.78. The number of carbonyl (C=O) groups excluding carboxylic acids is 1. The van der Waals surface area contributed by atoms with Crippen molar-refractivity contribution in [3.05, 3.63) is 0 Å². The molecule has 0 saturated carbocycles. The predicted octanol–water partition coefficient (Wildman–Crippen LogP) is -0.898. The molecule has 0 rings (SSSR count). The highest BCUT2D eigenvalue weighted by atomic mass is 16.5. The van der Waals surface area contributed by atoms with Crippen molar-refractivity contribution in [2.24, 2.45) is 5.73 Å². The zero-order valence-electron chi connectivity index (χ0n) is 6.25. The van der Waals surface area contributed by atoms with E-state index in [1.54, 1.807) is 5.32 Å². The first-order chi connectivity index (χ1) is 4.90. The van der Waals surface area contributed by atoms with E-state index in [-0.39, 0.29) is 0 Å². The van der Waals surface area contributed by atoms with Crippen LogP contribution >= 0.6 is 0 Å². The molecule has 0 aliphatic heterocycles. The number of carbonyl (C=O) groups is 2. The Bertz CT molecular complexity index is 177. The molecule has 1 atom stereocenters. The second-order valence-corrected chi connectivity index (χ2v) is 2.12. The van der Waals surface area contributed by atoms with Crippen LogP contribution in [0.2, 0.25) is 0 Å². The van der Waals surface area contributed by atoms with Gasteiger partial charge in [-0.15, -0.1) is 0 Å². The third-order valence-corrected chi connectivity index (χ3v) is 0.976. The van der Waals surface area contributed by atoms with Crippen LogP contribution < -0.4 is 11.1 Å². The fourth-order valence-corrected chi connectivity index (χ4v) is 0.485. The largest absolute Gasteiger partial charge is 0.466 e. The highest BCUT2D eigenvalue weighted by molar-refractivity contribution is 5.83. The van der Waals surface area contributed by atoms with E-state index in [0.717, 1.165) is 7.11 Å². The molecule has 0 aliphatic rings. The van der Waals surface area contributed by atoms with Crippen LogP contribution in [-0.4, -0.2) is 29.9 Å². The van der Waals surface area contributed by atoms with Gasteiger partial charge < -0.3 is 9.84 Å². The van der Waals surface area contributed by atoms with Gasteiger partial charge in [-0.2, -0.15) is 0 Å². The molecule has 0 bridgehead atoms. The smallest absolute Gasteiger partial charge is 0.406 e. The summed E-state index contributed by atoms with van der Waals surface area (Å²) in [6, 6.07) is 0. The fourth-order valence-electron chi connectivity index (χ4n) is 0.485. The van der Waals surface area contributed by atoms with Gasteiger partial charge in [0, 0.05) is 0 Å². The van der Waals surface area contributed by atoms with E-state index in [2.05, 4.69) is 4.74 Å². The molecule has 0 aromatic carbocycles. The highest BCUT2D eigenvalue weighted by Crippen LogP contribution is 1.95. The topological polar surface area (TPSA) is 102 Å². The number of methoxy groups -OCH3 is 1. The normalized spacial score (nSPS) is 14.8. The van der Waals surface area contributed by atoms with Crippen LogP contribution in [0.25, 0.3) is 0 Å². The standard InChI is InChI=1S/C5H10N2O4/c1-5(6,3(8)11-2)7-4(9)10/h7H,6H2,1-2H3,(H,9,10). The average Bonchev–Trinajstić information content (AvgIpc) is 1.83. The van der Waals surface area contributed by atoms with Crippen molar-refractivity contribution in [2.45, 2.75) is 12.6 Å². The Morgan fingerprint density at radius 3 is 2.36 bits per heavy atom. The van der Waals surface area contributed by atoms with Gasteiger partial charge in [0.1, 0.15) is 0 Å². The molecule has 0 aromatic rings. The van der Waals surface area contributed by atoms with E-state index in [4.69, 9.17) is 10.8 Å². The van der Waals surface area contributed by atoms with E-state index >= 15 is 0 Å². The van der Waals surface area contributed by atoms with Crippen LogP contribution in [0, 0.1) is 0 Å². The Kier molecular flexibility index (Phi) is 2.82. The lowest BCUT2D eigenvalue weighted by Gasteiger charge is -2.20. The van der Waals surface area contributed by atoms with Gasteiger partial charge in [0.15, 0.2) is 5.66 Å². The van der Waals surface area contributed by atoms with E-state index < -0.39 is 17.7 Å². The van der Waals surface area contributed by atoms with Crippen LogP contribution in [0.1, 0.15) is 6.92 Å². The molecule has 1 amide bonds. The van der Waals surface area contributed by atoms with E-state index in [1.807, 2.05) is 0 Å². The first-order valence-corrected chi connectivity index (χ1v) is 2.78. The molecule has 0 radical (unpaired) electrons. The summed E-state index contributed by atoms with van der Waals surface area (Å²) in [5.41, 5.74) is 3.53. The predicted molar refractivity (Wildman–Crippen MR) is 35.8 cm³/mol. The number of hydrogen-bond donors (Lipinski definition) is 3. The van der Waals surface area contributed by atoms with Crippen LogP contribution in [-0.2, 0) is 9.53 Å². The Morgan fingerprint density at radius 2 is 2.09 bits per heavy atom. The van der Waals surface area contributed by atoms with Crippen molar-refractivity contribution in [1.82, 2.24) is 5.32 Å². The summed E-state index contributed by atoms with van der Waals surface area (Å²) < 4.78 is 4.23. The molecule has 0 fully saturated rings. The van der Waals surface area contributed by atoms with E-state index in [9.17, 15) is 9.59 Å². The van der Waals surface area contributed by atoms with Crippen molar-refractivity contribution in [3.8, 4) is 0 Å². The number of esters is 1. The summed E-state index contributed by atoms with van der Waals surface area (Å²) in [7, 11) is 1.12. The second kappa shape index (κ2) is 3.20. The Balaban J connectivity index is 4.21. The number of ether oxygens (including phenoxy) is 1. The quantitative estimate of drug-likeness (QED) is 0.361. The zero-order chi connectivity index (χ0) is 9.07. The van der Waals surface area contributed by atoms with Gasteiger partial charge in [-0.1, -0.05) is 0 Å². The Hall–Kier alpha value is -1.30. The summed E-state index contributed by atoms with van der Waals surface area (Å²) in [4.78, 5) is 20.7. The number of amides is 1. The number of rotatable bonds is 2. The number of nitrogens with two attached hydrogens (primary N) is 1. The SMILES string of the molecule is COC(=O)C(C)(N)NC(=O)O. The molecule has 6 nitrogen and oxygen atoms in total. The third-order valence-electron chi connectivity index (χ3n) is 0.976. The fraction of sp³-hybridized carbons (Fsp3) is 0.600. The maximum Gasteiger partial charge on any atom is 0.406 e. The Morgan fingerprint density at radius 1 is 1.64 bits per heavy atom. The number of carboxylic acid groups (broad SMARTS) is 1. The van der Waals surface area contributed by atoms with Crippen molar-refractivity contribution in [1.29, 1.82) is 0 Å². The van der Waals surface area contributed by atoms with Gasteiger partial charge in [-0.3, -0.25) is 11.1 Å². The lowest BCUT2D eigenvalue weighted by molar-refractivity contribution is -0.147. The van der Waals surface area contributed by atoms with Gasteiger partial charge in [0.05, 0.1) is 7.11 Å². The molecular formula is C5H10N2O4. The van der Waals surface area contributed by atoms with Gasteiger partial charge in [0.25, 0.3) is 0 Å². The van der Waals surface area contributed by atoms with Gasteiger partial charge >= 0.3 is 12.1 Å². The summed E-state index contributed by atoms with van der Waals surface area (Å²) in [5, 5.41) is 9.98. The van der Waals surface area contributed by atoms with Crippen molar-refractivity contribution >= 4 is 12.1 Å². The average molecular weight is 162 g/mol. The van der Waals surface area contributed by atoms with Crippen LogP contribution in [0.5, 0.6) is 0 Å². The Labute approximate surface area is 63.3 Å². The molecular weight excluding hydrogens is 152 g/mol. The summed E-state index contributed by atoms with van der Waals surface area (Å²) in [6.07, 6.45) is -1.37. The van der Waals surface area contributed by atoms with Crippen molar-refractivity contribution < 1.29 is 19.4 Å². The van der Waals surface area contributed by atoms with Crippen LogP contribution in [0.3, 0.4) is 0 Å². The highest BCUT2D eigenvalue weighted by Gasteiger charge is 2.30. The maximum atomic E-state index is 10.7. The first kappa shape index (κ1) is 9.70. The number of hydrogen-bond acceptors (Lipinski definition) is 4. The summed E-state index contributed by atoms with van der Waals surface area (Å²) >= 11 is 0. The molecule has 4 N–H and O–H groups in total. The number of nitrogens with one attached hydrogen (secondary N) is 1. The molecule has 0 saturated heterocycles. The van der Waals surface area contributed by atoms with Crippen LogP contribution in [0.4, 0.5) is 4.79 Å². The van der Waals surface area contributed by atoms with Crippen LogP contribution in [0.15, 0.2) is 0 Å². The minimum atomic E-state index is -1.68. The van der Waals surface area contributed by atoms with E-state index in [0.29, 0.717) is 0 Å². The lowest BCUT2D eigenvalue weighted by Crippen LogP contribution is -2.59. The monoisotopic (exact) mass is 162 g/mol. The molecule has 1 unspecified atom stereocenters. The molecule has 0 aliphatic carbocycles. The third kappa shape index (κ3) is 2.85. The van der Waals surface area contributed by atoms with Crippen molar-refractivity contribution in [2.75, 3.05) is 7.11 Å². The van der Waals surface area contributed by atoms with Crippen molar-refractivity contribution in [3.63, 3.8) is 0 Å².